The van der Waals surface area contributed by atoms with Crippen LogP contribution >= 0.6 is 23.4 Å². The van der Waals surface area contributed by atoms with E-state index in [1.165, 1.54) is 11.8 Å². The van der Waals surface area contributed by atoms with E-state index in [9.17, 15) is 24.3 Å². The number of hydrogen-bond acceptors (Lipinski definition) is 8. The second-order valence-electron chi connectivity index (χ2n) is 6.22. The predicted molar refractivity (Wildman–Crippen MR) is 96.0 cm³/mol. The van der Waals surface area contributed by atoms with Crippen LogP contribution < -0.4 is 5.32 Å². The quantitative estimate of drug-likeness (QED) is 0.514. The van der Waals surface area contributed by atoms with E-state index in [1.54, 1.807) is 13.8 Å². The number of aliphatic carboxylic acids is 1. The second kappa shape index (κ2) is 7.47. The van der Waals surface area contributed by atoms with Gasteiger partial charge in [0.1, 0.15) is 16.4 Å². The number of nitrogens with zero attached hydrogens (tertiary/aromatic N) is 2. The predicted octanol–water partition coefficient (Wildman–Crippen LogP) is 0.827. The summed E-state index contributed by atoms with van der Waals surface area (Å²) in [6.07, 6.45) is -0.212. The molecule has 0 aliphatic carbocycles. The maximum Gasteiger partial charge on any atom is 0.356 e. The van der Waals surface area contributed by atoms with Crippen molar-refractivity contribution >= 4 is 47.1 Å². The fourth-order valence-corrected chi connectivity index (χ4v) is 4.45. The molecule has 0 saturated carbocycles. The van der Waals surface area contributed by atoms with E-state index in [0.29, 0.717) is 5.69 Å². The molecule has 150 valence electrons. The number of ether oxygens (including phenoxy) is 1. The lowest BCUT2D eigenvalue weighted by molar-refractivity contribution is -0.152. The average molecular weight is 430 g/mol. The second-order valence-corrected chi connectivity index (χ2v) is 8.06. The van der Waals surface area contributed by atoms with Crippen molar-refractivity contribution in [3.63, 3.8) is 0 Å². The van der Waals surface area contributed by atoms with Crippen molar-refractivity contribution in [2.24, 2.45) is 0 Å². The molecule has 2 aliphatic rings. The van der Waals surface area contributed by atoms with Gasteiger partial charge in [-0.15, -0.1) is 11.8 Å². The molecule has 2 amide bonds. The summed E-state index contributed by atoms with van der Waals surface area (Å²) in [7, 11) is 0. The summed E-state index contributed by atoms with van der Waals surface area (Å²) in [6, 6.07) is -0.920. The SMILES string of the molecule is CC(=O)OC1=C(C(=O)O)N2C(=O)C(NC(=O)Cc3onc(C)c3Cl)[C@H]2SC1C. The van der Waals surface area contributed by atoms with Gasteiger partial charge in [0.15, 0.2) is 17.2 Å². The van der Waals surface area contributed by atoms with Crippen LogP contribution in [0.15, 0.2) is 16.0 Å². The lowest BCUT2D eigenvalue weighted by atomic mass is 10.0. The Hall–Kier alpha value is -2.53. The Morgan fingerprint density at radius 3 is 2.64 bits per heavy atom. The normalized spacial score (nSPS) is 23.8. The number of carbonyl (C=O) groups is 4. The van der Waals surface area contributed by atoms with Gasteiger partial charge in [-0.05, 0) is 13.8 Å². The Labute approximate surface area is 168 Å². The molecule has 1 fully saturated rings. The largest absolute Gasteiger partial charge is 0.476 e. The Morgan fingerprint density at radius 1 is 1.43 bits per heavy atom. The van der Waals surface area contributed by atoms with Gasteiger partial charge in [-0.1, -0.05) is 16.8 Å². The van der Waals surface area contributed by atoms with Crippen molar-refractivity contribution in [1.82, 2.24) is 15.4 Å². The molecule has 1 saturated heterocycles. The van der Waals surface area contributed by atoms with Crippen molar-refractivity contribution in [1.29, 1.82) is 0 Å². The number of carbonyl (C=O) groups excluding carboxylic acids is 3. The highest BCUT2D eigenvalue weighted by atomic mass is 35.5. The molecule has 12 heteroatoms. The first-order valence-electron chi connectivity index (χ1n) is 8.16. The Bertz CT molecular complexity index is 912. The standard InChI is InChI=1S/C16H16ClN3O7S/c1-5-10(17)8(27-19-5)4-9(22)18-11-14(23)20-12(16(24)25)13(26-7(3)21)6(2)28-15(11)20/h6,11,15H,4H2,1-3H3,(H,18,22)(H,24,25)/t6?,11?,15-/m1/s1. The molecular formula is C16H16ClN3O7S. The van der Waals surface area contributed by atoms with Crippen molar-refractivity contribution in [3.8, 4) is 0 Å². The van der Waals surface area contributed by atoms with E-state index in [4.69, 9.17) is 20.9 Å². The molecule has 0 aromatic carbocycles. The number of aryl methyl sites for hydroxylation is 1. The Morgan fingerprint density at radius 2 is 2.11 bits per heavy atom. The van der Waals surface area contributed by atoms with Gasteiger partial charge in [0, 0.05) is 6.92 Å². The topological polar surface area (TPSA) is 139 Å². The van der Waals surface area contributed by atoms with Crippen molar-refractivity contribution in [2.75, 3.05) is 0 Å². The van der Waals surface area contributed by atoms with Gasteiger partial charge < -0.3 is 19.7 Å². The van der Waals surface area contributed by atoms with Gasteiger partial charge in [-0.2, -0.15) is 0 Å². The first-order valence-corrected chi connectivity index (χ1v) is 9.48. The number of carboxylic acids is 1. The molecule has 1 aromatic heterocycles. The minimum Gasteiger partial charge on any atom is -0.476 e. The Kier molecular flexibility index (Phi) is 5.39. The number of amides is 2. The number of carboxylic acid groups (broad SMARTS) is 1. The number of esters is 1. The van der Waals surface area contributed by atoms with Crippen LogP contribution in [0.2, 0.25) is 5.02 Å². The smallest absolute Gasteiger partial charge is 0.356 e. The number of halogens is 1. The van der Waals surface area contributed by atoms with Crippen LogP contribution in [0.25, 0.3) is 0 Å². The molecule has 3 atom stereocenters. The highest BCUT2D eigenvalue weighted by Crippen LogP contribution is 2.44. The molecule has 2 N–H and O–H groups in total. The van der Waals surface area contributed by atoms with Gasteiger partial charge in [-0.3, -0.25) is 19.3 Å². The van der Waals surface area contributed by atoms with Crippen LogP contribution in [-0.2, 0) is 30.3 Å². The Balaban J connectivity index is 1.76. The number of aromatic nitrogens is 1. The molecule has 2 aliphatic heterocycles. The van der Waals surface area contributed by atoms with Gasteiger partial charge in [0.2, 0.25) is 5.91 Å². The number of fused-ring (bicyclic) bond motifs is 1. The minimum absolute atomic E-state index is 0.0942. The van der Waals surface area contributed by atoms with Crippen molar-refractivity contribution in [2.45, 2.75) is 43.9 Å². The van der Waals surface area contributed by atoms with Gasteiger partial charge >= 0.3 is 11.9 Å². The molecule has 0 spiro atoms. The van der Waals surface area contributed by atoms with E-state index in [-0.39, 0.29) is 23.0 Å². The monoisotopic (exact) mass is 429 g/mol. The van der Waals surface area contributed by atoms with Crippen LogP contribution in [0.3, 0.4) is 0 Å². The van der Waals surface area contributed by atoms with Crippen LogP contribution in [-0.4, -0.2) is 55.6 Å². The maximum atomic E-state index is 12.5. The summed E-state index contributed by atoms with van der Waals surface area (Å²) in [5.74, 6) is -3.13. The molecule has 0 bridgehead atoms. The molecule has 28 heavy (non-hydrogen) atoms. The van der Waals surface area contributed by atoms with Crippen molar-refractivity contribution in [3.05, 3.63) is 27.9 Å². The number of hydrogen-bond donors (Lipinski definition) is 2. The summed E-state index contributed by atoms with van der Waals surface area (Å²) in [5.41, 5.74) is 0.0529. The van der Waals surface area contributed by atoms with Crippen LogP contribution in [0.5, 0.6) is 0 Å². The van der Waals surface area contributed by atoms with E-state index in [2.05, 4.69) is 10.5 Å². The number of β-lactam (4-membered cyclic amide) rings is 1. The van der Waals surface area contributed by atoms with E-state index >= 15 is 0 Å². The molecule has 1 aromatic rings. The molecule has 3 heterocycles. The van der Waals surface area contributed by atoms with E-state index in [0.717, 1.165) is 11.8 Å². The maximum absolute atomic E-state index is 12.5. The van der Waals surface area contributed by atoms with E-state index in [1.807, 2.05) is 0 Å². The lowest BCUT2D eigenvalue weighted by Gasteiger charge is -2.50. The van der Waals surface area contributed by atoms with Crippen LogP contribution in [0, 0.1) is 6.92 Å². The van der Waals surface area contributed by atoms with Crippen LogP contribution in [0.4, 0.5) is 0 Å². The molecule has 3 rings (SSSR count). The zero-order chi connectivity index (χ0) is 20.7. The van der Waals surface area contributed by atoms with Gasteiger partial charge in [-0.25, -0.2) is 4.79 Å². The zero-order valence-corrected chi connectivity index (χ0v) is 16.6. The third-order valence-electron chi connectivity index (χ3n) is 4.18. The first-order chi connectivity index (χ1) is 13.1. The number of rotatable bonds is 5. The van der Waals surface area contributed by atoms with Gasteiger partial charge in [0.25, 0.3) is 5.91 Å². The van der Waals surface area contributed by atoms with Crippen molar-refractivity contribution < 1.29 is 33.5 Å². The number of thioether (sulfide) groups is 1. The molecule has 2 unspecified atom stereocenters. The van der Waals surface area contributed by atoms with Gasteiger partial charge in [0.05, 0.1) is 17.4 Å². The first kappa shape index (κ1) is 20.2. The molecule has 10 nitrogen and oxygen atoms in total. The summed E-state index contributed by atoms with van der Waals surface area (Å²) in [6.45, 7) is 4.43. The van der Waals surface area contributed by atoms with Crippen LogP contribution in [0.1, 0.15) is 25.3 Å². The molecular weight excluding hydrogens is 414 g/mol. The average Bonchev–Trinajstić information content (AvgIpc) is 2.92. The molecule has 0 radical (unpaired) electrons. The number of nitrogens with one attached hydrogen (secondary N) is 1. The summed E-state index contributed by atoms with van der Waals surface area (Å²) in [5, 5.41) is 14.8. The lowest BCUT2D eigenvalue weighted by Crippen LogP contribution is -2.71. The zero-order valence-electron chi connectivity index (χ0n) is 15.0. The van der Waals surface area contributed by atoms with E-state index < -0.39 is 46.1 Å². The third kappa shape index (κ3) is 3.47. The summed E-state index contributed by atoms with van der Waals surface area (Å²) >= 11 is 7.18. The fraction of sp³-hybridized carbons (Fsp3) is 0.438. The minimum atomic E-state index is -1.39. The highest BCUT2D eigenvalue weighted by Gasteiger charge is 2.56. The highest BCUT2D eigenvalue weighted by molar-refractivity contribution is 8.00. The third-order valence-corrected chi connectivity index (χ3v) is 6.05. The summed E-state index contributed by atoms with van der Waals surface area (Å²) in [4.78, 5) is 48.7. The fourth-order valence-electron chi connectivity index (χ4n) is 2.94. The summed E-state index contributed by atoms with van der Waals surface area (Å²) < 4.78 is 9.99.